The Hall–Kier alpha value is -2.95. The molecule has 1 unspecified atom stereocenters. The van der Waals surface area contributed by atoms with Gasteiger partial charge in [-0.25, -0.2) is 13.1 Å². The van der Waals surface area contributed by atoms with Crippen molar-refractivity contribution in [1.29, 1.82) is 5.26 Å². The van der Waals surface area contributed by atoms with Crippen molar-refractivity contribution >= 4 is 22.0 Å². The van der Waals surface area contributed by atoms with Gasteiger partial charge in [0.1, 0.15) is 0 Å². The molecule has 0 heterocycles. The van der Waals surface area contributed by atoms with Crippen LogP contribution >= 0.6 is 0 Å². The van der Waals surface area contributed by atoms with Gasteiger partial charge >= 0.3 is 0 Å². The number of carbonyl (C=O) groups excluding carboxylic acids is 1. The number of sulfonamides is 1. The summed E-state index contributed by atoms with van der Waals surface area (Å²) < 4.78 is 26.2. The van der Waals surface area contributed by atoms with Crippen LogP contribution in [0.25, 0.3) is 6.08 Å². The fraction of sp³-hybridized carbons (Fsp3) is 0.200. The third kappa shape index (κ3) is 7.05. The molecule has 0 bridgehead atoms. The molecule has 27 heavy (non-hydrogen) atoms. The maximum atomic E-state index is 12.0. The highest BCUT2D eigenvalue weighted by atomic mass is 32.2. The Morgan fingerprint density at radius 2 is 1.81 bits per heavy atom. The second-order valence-corrected chi connectivity index (χ2v) is 7.58. The molecular weight excluding hydrogens is 362 g/mol. The quantitative estimate of drug-likeness (QED) is 0.732. The van der Waals surface area contributed by atoms with Crippen LogP contribution in [0, 0.1) is 11.3 Å². The van der Waals surface area contributed by atoms with E-state index in [9.17, 15) is 13.2 Å². The fourth-order valence-electron chi connectivity index (χ4n) is 2.33. The van der Waals surface area contributed by atoms with Gasteiger partial charge in [0.15, 0.2) is 0 Å². The molecule has 2 rings (SSSR count). The van der Waals surface area contributed by atoms with Crippen molar-refractivity contribution in [3.05, 3.63) is 76.7 Å². The van der Waals surface area contributed by atoms with E-state index in [1.54, 1.807) is 36.4 Å². The van der Waals surface area contributed by atoms with E-state index in [1.165, 1.54) is 6.08 Å². The summed E-state index contributed by atoms with van der Waals surface area (Å²) in [5.74, 6) is -0.262. The van der Waals surface area contributed by atoms with E-state index < -0.39 is 10.0 Å². The van der Waals surface area contributed by atoms with Crippen LogP contribution < -0.4 is 10.0 Å². The first kappa shape index (κ1) is 20.4. The SMILES string of the molecule is CC(NC(=O)CCNS(=O)(=O)/C=C/c1ccccc1)c1ccc(C#N)cc1. The lowest BCUT2D eigenvalue weighted by Crippen LogP contribution is -2.31. The van der Waals surface area contributed by atoms with Crippen LogP contribution in [0.5, 0.6) is 0 Å². The summed E-state index contributed by atoms with van der Waals surface area (Å²) in [6, 6.07) is 17.8. The van der Waals surface area contributed by atoms with E-state index >= 15 is 0 Å². The summed E-state index contributed by atoms with van der Waals surface area (Å²) in [7, 11) is -3.60. The zero-order chi connectivity index (χ0) is 19.7. The molecular formula is C20H21N3O3S. The molecule has 1 atom stereocenters. The van der Waals surface area contributed by atoms with E-state index in [0.29, 0.717) is 5.56 Å². The second kappa shape index (κ2) is 9.67. The number of benzene rings is 2. The van der Waals surface area contributed by atoms with Crippen LogP contribution in [-0.2, 0) is 14.8 Å². The predicted molar refractivity (Wildman–Crippen MR) is 105 cm³/mol. The highest BCUT2D eigenvalue weighted by Crippen LogP contribution is 2.13. The normalized spacial score (nSPS) is 12.4. The van der Waals surface area contributed by atoms with Crippen molar-refractivity contribution < 1.29 is 13.2 Å². The molecule has 2 aromatic rings. The molecule has 0 spiro atoms. The molecule has 140 valence electrons. The maximum Gasteiger partial charge on any atom is 0.233 e. The first-order chi connectivity index (χ1) is 12.9. The smallest absolute Gasteiger partial charge is 0.233 e. The Bertz CT molecular complexity index is 931. The zero-order valence-corrected chi connectivity index (χ0v) is 15.7. The summed E-state index contributed by atoms with van der Waals surface area (Å²) in [6.45, 7) is 1.83. The Morgan fingerprint density at radius 3 is 2.44 bits per heavy atom. The third-order valence-corrected chi connectivity index (χ3v) is 4.91. The molecule has 0 aliphatic carbocycles. The number of hydrogen-bond acceptors (Lipinski definition) is 4. The van der Waals surface area contributed by atoms with Crippen LogP contribution in [0.1, 0.15) is 36.1 Å². The average molecular weight is 383 g/mol. The summed E-state index contributed by atoms with van der Waals surface area (Å²) in [5.41, 5.74) is 2.20. The van der Waals surface area contributed by atoms with E-state index in [4.69, 9.17) is 5.26 Å². The van der Waals surface area contributed by atoms with Gasteiger partial charge in [-0.3, -0.25) is 4.79 Å². The largest absolute Gasteiger partial charge is 0.350 e. The van der Waals surface area contributed by atoms with Crippen molar-refractivity contribution in [2.75, 3.05) is 6.54 Å². The lowest BCUT2D eigenvalue weighted by atomic mass is 10.1. The molecule has 0 fully saturated rings. The lowest BCUT2D eigenvalue weighted by Gasteiger charge is -2.14. The Kier molecular flexibility index (Phi) is 7.29. The minimum Gasteiger partial charge on any atom is -0.350 e. The van der Waals surface area contributed by atoms with Crippen LogP contribution in [-0.4, -0.2) is 20.9 Å². The van der Waals surface area contributed by atoms with Crippen molar-refractivity contribution in [3.63, 3.8) is 0 Å². The van der Waals surface area contributed by atoms with E-state index in [1.807, 2.05) is 31.2 Å². The van der Waals surface area contributed by atoms with Gasteiger partial charge in [0.2, 0.25) is 15.9 Å². The van der Waals surface area contributed by atoms with Gasteiger partial charge in [-0.05, 0) is 36.3 Å². The highest BCUT2D eigenvalue weighted by Gasteiger charge is 2.11. The minimum absolute atomic E-state index is 0.00733. The molecule has 0 aromatic heterocycles. The average Bonchev–Trinajstić information content (AvgIpc) is 2.67. The van der Waals surface area contributed by atoms with E-state index in [2.05, 4.69) is 10.0 Å². The summed E-state index contributed by atoms with van der Waals surface area (Å²) in [6.07, 6.45) is 1.52. The van der Waals surface area contributed by atoms with Gasteiger partial charge in [-0.2, -0.15) is 5.26 Å². The number of nitriles is 1. The van der Waals surface area contributed by atoms with E-state index in [0.717, 1.165) is 16.5 Å². The molecule has 0 radical (unpaired) electrons. The second-order valence-electron chi connectivity index (χ2n) is 5.93. The zero-order valence-electron chi connectivity index (χ0n) is 14.9. The van der Waals surface area contributed by atoms with Crippen LogP contribution in [0.3, 0.4) is 0 Å². The Balaban J connectivity index is 1.79. The highest BCUT2D eigenvalue weighted by molar-refractivity contribution is 7.92. The topological polar surface area (TPSA) is 99.1 Å². The van der Waals surface area contributed by atoms with Crippen molar-refractivity contribution in [3.8, 4) is 6.07 Å². The maximum absolute atomic E-state index is 12.0. The van der Waals surface area contributed by atoms with Crippen molar-refractivity contribution in [2.45, 2.75) is 19.4 Å². The first-order valence-electron chi connectivity index (χ1n) is 8.42. The van der Waals surface area contributed by atoms with Crippen molar-refractivity contribution in [1.82, 2.24) is 10.0 Å². The van der Waals surface area contributed by atoms with Gasteiger partial charge in [0, 0.05) is 18.4 Å². The summed E-state index contributed by atoms with van der Waals surface area (Å²) in [4.78, 5) is 12.0. The fourth-order valence-corrected chi connectivity index (χ4v) is 3.15. The molecule has 0 aliphatic heterocycles. The number of amides is 1. The van der Waals surface area contributed by atoms with Crippen LogP contribution in [0.2, 0.25) is 0 Å². The lowest BCUT2D eigenvalue weighted by molar-refractivity contribution is -0.121. The molecule has 2 aromatic carbocycles. The molecule has 6 nitrogen and oxygen atoms in total. The predicted octanol–water partition coefficient (Wildman–Crippen LogP) is 2.72. The van der Waals surface area contributed by atoms with Crippen LogP contribution in [0.15, 0.2) is 60.0 Å². The molecule has 2 N–H and O–H groups in total. The number of nitrogens with zero attached hydrogens (tertiary/aromatic N) is 1. The standard InChI is InChI=1S/C20H21N3O3S/c1-16(19-9-7-18(15-21)8-10-19)23-20(24)11-13-22-27(25,26)14-12-17-5-3-2-4-6-17/h2-10,12,14,16,22H,11,13H2,1H3,(H,23,24)/b14-12+. The third-order valence-electron chi connectivity index (χ3n) is 3.81. The van der Waals surface area contributed by atoms with E-state index in [-0.39, 0.29) is 24.9 Å². The van der Waals surface area contributed by atoms with Gasteiger partial charge in [0.05, 0.1) is 17.7 Å². The molecule has 0 saturated carbocycles. The number of rotatable bonds is 8. The summed E-state index contributed by atoms with van der Waals surface area (Å²) in [5, 5.41) is 12.7. The molecule has 0 aliphatic rings. The molecule has 0 saturated heterocycles. The van der Waals surface area contributed by atoms with Gasteiger partial charge in [-0.15, -0.1) is 0 Å². The number of carbonyl (C=O) groups is 1. The summed E-state index contributed by atoms with van der Waals surface area (Å²) >= 11 is 0. The Morgan fingerprint density at radius 1 is 1.15 bits per heavy atom. The molecule has 7 heteroatoms. The van der Waals surface area contributed by atoms with Gasteiger partial charge < -0.3 is 5.32 Å². The molecule has 1 amide bonds. The number of hydrogen-bond donors (Lipinski definition) is 2. The minimum atomic E-state index is -3.60. The van der Waals surface area contributed by atoms with Gasteiger partial charge in [-0.1, -0.05) is 42.5 Å². The monoisotopic (exact) mass is 383 g/mol. The number of nitrogens with one attached hydrogen (secondary N) is 2. The first-order valence-corrected chi connectivity index (χ1v) is 9.96. The van der Waals surface area contributed by atoms with Gasteiger partial charge in [0.25, 0.3) is 0 Å². The van der Waals surface area contributed by atoms with Crippen molar-refractivity contribution in [2.24, 2.45) is 0 Å². The Labute approximate surface area is 159 Å². The van der Waals surface area contributed by atoms with Crippen LogP contribution in [0.4, 0.5) is 0 Å².